The fraction of sp³-hybridized carbons (Fsp3) is 0.167. The van der Waals surface area contributed by atoms with Gasteiger partial charge in [-0.3, -0.25) is 9.48 Å². The molecule has 4 nitrogen and oxygen atoms in total. The van der Waals surface area contributed by atoms with Crippen LogP contribution < -0.4 is 5.32 Å². The van der Waals surface area contributed by atoms with Crippen molar-refractivity contribution in [1.29, 1.82) is 0 Å². The third-order valence-corrected chi connectivity index (χ3v) is 5.12. The molecule has 0 fully saturated rings. The Hall–Kier alpha value is -3.40. The predicted octanol–water partition coefficient (Wildman–Crippen LogP) is 4.89. The van der Waals surface area contributed by atoms with Crippen molar-refractivity contribution in [2.75, 3.05) is 0 Å². The van der Waals surface area contributed by atoms with E-state index in [-0.39, 0.29) is 5.91 Å². The molecule has 1 N–H and O–H groups in total. The Morgan fingerprint density at radius 3 is 2.43 bits per heavy atom. The van der Waals surface area contributed by atoms with Crippen molar-refractivity contribution in [3.63, 3.8) is 0 Å². The topological polar surface area (TPSA) is 46.9 Å². The Balaban J connectivity index is 1.63. The highest BCUT2D eigenvalue weighted by molar-refractivity contribution is 5.94. The maximum absolute atomic E-state index is 12.8. The molecule has 3 aromatic carbocycles. The number of carbonyl (C=O) groups is 1. The molecule has 4 rings (SSSR count). The lowest BCUT2D eigenvalue weighted by Crippen LogP contribution is -2.31. The second-order valence-electron chi connectivity index (χ2n) is 7.00. The Labute approximate surface area is 164 Å². The van der Waals surface area contributed by atoms with Gasteiger partial charge in [0.1, 0.15) is 11.7 Å². The molecule has 4 heteroatoms. The lowest BCUT2D eigenvalue weighted by atomic mass is 10.1. The molecular formula is C24H23N3O. The Kier molecular flexibility index (Phi) is 4.94. The molecule has 1 atom stereocenters. The second-order valence-corrected chi connectivity index (χ2v) is 7.00. The zero-order valence-corrected chi connectivity index (χ0v) is 16.1. The molecule has 1 heterocycles. The molecule has 4 aromatic rings. The van der Waals surface area contributed by atoms with Crippen molar-refractivity contribution in [2.45, 2.75) is 26.4 Å². The number of carbonyl (C=O) groups excluding carboxylic acids is 1. The molecule has 0 aliphatic heterocycles. The number of benzene rings is 3. The summed E-state index contributed by atoms with van der Waals surface area (Å²) in [6.07, 6.45) is 0. The van der Waals surface area contributed by atoms with E-state index in [9.17, 15) is 4.79 Å². The average molecular weight is 369 g/mol. The minimum Gasteiger partial charge on any atom is -0.350 e. The molecule has 0 spiro atoms. The van der Waals surface area contributed by atoms with Crippen molar-refractivity contribution in [2.24, 2.45) is 0 Å². The molecular weight excluding hydrogens is 346 g/mol. The van der Waals surface area contributed by atoms with Gasteiger partial charge in [0.25, 0.3) is 0 Å². The van der Waals surface area contributed by atoms with Gasteiger partial charge in [-0.05, 0) is 31.0 Å². The van der Waals surface area contributed by atoms with E-state index in [4.69, 9.17) is 5.10 Å². The maximum Gasteiger partial charge on any atom is 0.244 e. The zero-order chi connectivity index (χ0) is 19.5. The summed E-state index contributed by atoms with van der Waals surface area (Å²) in [6.45, 7) is 4.46. The Bertz CT molecular complexity index is 1120. The zero-order valence-electron chi connectivity index (χ0n) is 16.1. The van der Waals surface area contributed by atoms with Crippen LogP contribution in [0, 0.1) is 6.92 Å². The molecule has 140 valence electrons. The van der Waals surface area contributed by atoms with Gasteiger partial charge in [0.05, 0.1) is 5.52 Å². The van der Waals surface area contributed by atoms with E-state index in [0.717, 1.165) is 27.7 Å². The first-order valence-corrected chi connectivity index (χ1v) is 9.50. The Morgan fingerprint density at radius 2 is 1.64 bits per heavy atom. The fourth-order valence-corrected chi connectivity index (χ4v) is 3.44. The molecule has 28 heavy (non-hydrogen) atoms. The first-order valence-electron chi connectivity index (χ1n) is 9.50. The maximum atomic E-state index is 12.8. The fourth-order valence-electron chi connectivity index (χ4n) is 3.44. The van der Waals surface area contributed by atoms with Crippen LogP contribution in [-0.4, -0.2) is 15.7 Å². The minimum absolute atomic E-state index is 0.0453. The molecule has 0 saturated carbocycles. The van der Waals surface area contributed by atoms with Gasteiger partial charge in [0.2, 0.25) is 5.91 Å². The van der Waals surface area contributed by atoms with Crippen LogP contribution in [0.25, 0.3) is 22.2 Å². The summed E-state index contributed by atoms with van der Waals surface area (Å²) >= 11 is 0. The predicted molar refractivity (Wildman–Crippen MR) is 113 cm³/mol. The van der Waals surface area contributed by atoms with Gasteiger partial charge >= 0.3 is 0 Å². The summed E-state index contributed by atoms with van der Waals surface area (Å²) in [6, 6.07) is 25.8. The molecule has 0 unspecified atom stereocenters. The number of nitrogens with zero attached hydrogens (tertiary/aromatic N) is 2. The summed E-state index contributed by atoms with van der Waals surface area (Å²) in [7, 11) is 0. The summed E-state index contributed by atoms with van der Waals surface area (Å²) in [5.41, 5.74) is 5.20. The van der Waals surface area contributed by atoms with Gasteiger partial charge < -0.3 is 5.32 Å². The van der Waals surface area contributed by atoms with Crippen LogP contribution in [0.5, 0.6) is 0 Å². The SMILES string of the molecule is Cc1ccccc1CNC(=O)[C@H](C)n1nc(-c2ccccc2)c2ccccc21. The molecule has 1 amide bonds. The van der Waals surface area contributed by atoms with Crippen LogP contribution in [0.4, 0.5) is 0 Å². The monoisotopic (exact) mass is 369 g/mol. The third kappa shape index (κ3) is 3.41. The van der Waals surface area contributed by atoms with Crippen molar-refractivity contribution < 1.29 is 4.79 Å². The van der Waals surface area contributed by atoms with Crippen LogP contribution in [-0.2, 0) is 11.3 Å². The second kappa shape index (κ2) is 7.69. The first-order chi connectivity index (χ1) is 13.6. The number of fused-ring (bicyclic) bond motifs is 1. The van der Waals surface area contributed by atoms with Crippen LogP contribution in [0.3, 0.4) is 0 Å². The van der Waals surface area contributed by atoms with Crippen LogP contribution in [0.1, 0.15) is 24.1 Å². The highest BCUT2D eigenvalue weighted by atomic mass is 16.2. The highest BCUT2D eigenvalue weighted by Crippen LogP contribution is 2.29. The van der Waals surface area contributed by atoms with E-state index in [1.54, 1.807) is 0 Å². The van der Waals surface area contributed by atoms with Crippen molar-refractivity contribution >= 4 is 16.8 Å². The number of para-hydroxylation sites is 1. The summed E-state index contributed by atoms with van der Waals surface area (Å²) in [5, 5.41) is 8.91. The number of aromatic nitrogens is 2. The van der Waals surface area contributed by atoms with Gasteiger partial charge in [-0.25, -0.2) is 0 Å². The standard InChI is InChI=1S/C24H23N3O/c1-17-10-6-7-13-20(17)16-25-24(28)18(2)27-22-15-9-8-14-21(22)23(26-27)19-11-4-3-5-12-19/h3-15,18H,16H2,1-2H3,(H,25,28)/t18-/m0/s1. The van der Waals surface area contributed by atoms with E-state index < -0.39 is 6.04 Å². The van der Waals surface area contributed by atoms with Gasteiger partial charge in [-0.15, -0.1) is 0 Å². The van der Waals surface area contributed by atoms with Crippen molar-refractivity contribution in [3.05, 3.63) is 90.0 Å². The van der Waals surface area contributed by atoms with Crippen molar-refractivity contribution in [3.8, 4) is 11.3 Å². The molecule has 0 saturated heterocycles. The lowest BCUT2D eigenvalue weighted by Gasteiger charge is -2.14. The first kappa shape index (κ1) is 18.0. The number of rotatable bonds is 5. The van der Waals surface area contributed by atoms with Crippen LogP contribution >= 0.6 is 0 Å². The molecule has 0 bridgehead atoms. The number of nitrogens with one attached hydrogen (secondary N) is 1. The lowest BCUT2D eigenvalue weighted by molar-refractivity contribution is -0.124. The highest BCUT2D eigenvalue weighted by Gasteiger charge is 2.20. The van der Waals surface area contributed by atoms with Gasteiger partial charge in [-0.2, -0.15) is 5.10 Å². The Morgan fingerprint density at radius 1 is 0.964 bits per heavy atom. The average Bonchev–Trinajstić information content (AvgIpc) is 3.13. The van der Waals surface area contributed by atoms with Gasteiger partial charge in [0, 0.05) is 17.5 Å². The van der Waals surface area contributed by atoms with Crippen LogP contribution in [0.15, 0.2) is 78.9 Å². The smallest absolute Gasteiger partial charge is 0.244 e. The summed E-state index contributed by atoms with van der Waals surface area (Å²) in [5.74, 6) is -0.0453. The molecule has 1 aromatic heterocycles. The molecule has 0 radical (unpaired) electrons. The van der Waals surface area contributed by atoms with Gasteiger partial charge in [-0.1, -0.05) is 72.8 Å². The van der Waals surface area contributed by atoms with E-state index in [1.165, 1.54) is 5.56 Å². The van der Waals surface area contributed by atoms with E-state index in [0.29, 0.717) is 6.54 Å². The number of hydrogen-bond acceptors (Lipinski definition) is 2. The van der Waals surface area contributed by atoms with Gasteiger partial charge in [0.15, 0.2) is 0 Å². The molecule has 0 aliphatic rings. The van der Waals surface area contributed by atoms with E-state index in [1.807, 2.05) is 78.3 Å². The van der Waals surface area contributed by atoms with Crippen LogP contribution in [0.2, 0.25) is 0 Å². The van der Waals surface area contributed by atoms with E-state index >= 15 is 0 Å². The number of amides is 1. The van der Waals surface area contributed by atoms with Crippen molar-refractivity contribution in [1.82, 2.24) is 15.1 Å². The van der Waals surface area contributed by atoms with E-state index in [2.05, 4.69) is 24.4 Å². The number of hydrogen-bond donors (Lipinski definition) is 1. The molecule has 0 aliphatic carbocycles. The minimum atomic E-state index is -0.411. The largest absolute Gasteiger partial charge is 0.350 e. The third-order valence-electron chi connectivity index (χ3n) is 5.12. The summed E-state index contributed by atoms with van der Waals surface area (Å²) in [4.78, 5) is 12.8. The normalized spacial score (nSPS) is 12.1. The quantitative estimate of drug-likeness (QED) is 0.544. The number of aryl methyl sites for hydroxylation is 1. The summed E-state index contributed by atoms with van der Waals surface area (Å²) < 4.78 is 1.82.